The monoisotopic (exact) mass is 351 g/mol. The molecule has 1 aliphatic carbocycles. The number of hydrogen-bond acceptors (Lipinski definition) is 4. The van der Waals surface area contributed by atoms with Crippen LogP contribution in [0, 0.1) is 11.8 Å². The summed E-state index contributed by atoms with van der Waals surface area (Å²) >= 11 is 0. The molecule has 0 aromatic heterocycles. The fourth-order valence-corrected chi connectivity index (χ4v) is 7.55. The van der Waals surface area contributed by atoms with Gasteiger partial charge in [-0.05, 0) is 44.9 Å². The Bertz CT molecular complexity index is 464. The van der Waals surface area contributed by atoms with Gasteiger partial charge in [0.2, 0.25) is 0 Å². The van der Waals surface area contributed by atoms with Crippen LogP contribution in [0.3, 0.4) is 0 Å². The molecule has 3 heterocycles. The van der Waals surface area contributed by atoms with Crippen LogP contribution in [0.1, 0.15) is 65.7 Å². The average molecular weight is 351 g/mol. The molecule has 6 heteroatoms. The Hall–Kier alpha value is 0.335. The first-order chi connectivity index (χ1) is 11.5. The minimum Gasteiger partial charge on any atom is -0.382 e. The third-order valence-electron chi connectivity index (χ3n) is 6.89. The van der Waals surface area contributed by atoms with Crippen LogP contribution >= 0.6 is 8.53 Å². The van der Waals surface area contributed by atoms with E-state index in [-0.39, 0.29) is 29.7 Å². The Balaban J connectivity index is 1.51. The van der Waals surface area contributed by atoms with Gasteiger partial charge in [-0.3, -0.25) is 0 Å². The number of rotatable bonds is 4. The minimum absolute atomic E-state index is 0.0226. The second-order valence-electron chi connectivity index (χ2n) is 8.29. The largest absolute Gasteiger partial charge is 0.382 e. The van der Waals surface area contributed by atoms with E-state index < -0.39 is 8.53 Å². The van der Waals surface area contributed by atoms with Crippen LogP contribution < -0.4 is 0 Å². The van der Waals surface area contributed by atoms with Crippen molar-refractivity contribution in [3.63, 3.8) is 0 Å². The summed E-state index contributed by atoms with van der Waals surface area (Å²) in [5, 5.41) is 0. The molecule has 3 saturated heterocycles. The zero-order valence-electron chi connectivity index (χ0n) is 15.3. The predicted molar refractivity (Wildman–Crippen MR) is 96.8 cm³/mol. The lowest BCUT2D eigenvalue weighted by atomic mass is 9.81. The van der Waals surface area contributed by atoms with Crippen LogP contribution in [0.2, 0.25) is 0 Å². The van der Waals surface area contributed by atoms with Crippen LogP contribution in [0.4, 0.5) is 0 Å². The van der Waals surface area contributed by atoms with Crippen LogP contribution in [0.15, 0.2) is 0 Å². The summed E-state index contributed by atoms with van der Waals surface area (Å²) in [5.74, 6) is 0.918. The van der Waals surface area contributed by atoms with E-state index in [9.17, 15) is 0 Å². The molecule has 0 amide bonds. The number of nitrogens with zero attached hydrogens (tertiary/aromatic N) is 1. The van der Waals surface area contributed by atoms with Crippen molar-refractivity contribution >= 4 is 16.4 Å². The maximum atomic E-state index is 6.71. The SMILES string of the molecule is [B][C@@H]1O[C@H](CC)[C@H](O[P@@]2O[C@](C)(C3CCCC3)[C@@H]3CCCN32)C1C. The molecule has 24 heavy (non-hydrogen) atoms. The zero-order chi connectivity index (χ0) is 16.9. The van der Waals surface area contributed by atoms with Gasteiger partial charge < -0.3 is 13.8 Å². The second kappa shape index (κ2) is 6.81. The molecule has 1 unspecified atom stereocenters. The van der Waals surface area contributed by atoms with Crippen molar-refractivity contribution in [3.8, 4) is 0 Å². The number of ether oxygens (including phenoxy) is 1. The first kappa shape index (κ1) is 17.7. The lowest BCUT2D eigenvalue weighted by molar-refractivity contribution is 0.00772. The highest BCUT2D eigenvalue weighted by Gasteiger charge is 2.58. The molecule has 7 atom stereocenters. The fraction of sp³-hybridized carbons (Fsp3) is 1.00. The predicted octanol–water partition coefficient (Wildman–Crippen LogP) is 3.98. The van der Waals surface area contributed by atoms with E-state index in [0.29, 0.717) is 12.0 Å². The van der Waals surface area contributed by atoms with Gasteiger partial charge in [-0.25, -0.2) is 4.67 Å². The molecule has 0 spiro atoms. The Morgan fingerprint density at radius 2 is 2.00 bits per heavy atom. The summed E-state index contributed by atoms with van der Waals surface area (Å²) < 4.78 is 21.7. The molecule has 4 nitrogen and oxygen atoms in total. The molecule has 0 aromatic rings. The van der Waals surface area contributed by atoms with Gasteiger partial charge in [0.25, 0.3) is 8.53 Å². The van der Waals surface area contributed by atoms with E-state index in [2.05, 4.69) is 25.4 Å². The highest BCUT2D eigenvalue weighted by molar-refractivity contribution is 7.45. The molecule has 2 radical (unpaired) electrons. The van der Waals surface area contributed by atoms with Crippen LogP contribution in [0.25, 0.3) is 0 Å². The zero-order valence-corrected chi connectivity index (χ0v) is 16.2. The van der Waals surface area contributed by atoms with E-state index >= 15 is 0 Å². The topological polar surface area (TPSA) is 30.9 Å². The summed E-state index contributed by atoms with van der Waals surface area (Å²) in [4.78, 5) is 0. The van der Waals surface area contributed by atoms with Crippen molar-refractivity contribution < 1.29 is 13.8 Å². The Morgan fingerprint density at radius 3 is 2.71 bits per heavy atom. The van der Waals surface area contributed by atoms with Gasteiger partial charge in [-0.2, -0.15) is 0 Å². The maximum Gasteiger partial charge on any atom is 0.260 e. The molecule has 134 valence electrons. The molecule has 0 bridgehead atoms. The molecule has 0 aromatic carbocycles. The molecular weight excluding hydrogens is 320 g/mol. The van der Waals surface area contributed by atoms with E-state index in [1.165, 1.54) is 38.5 Å². The average Bonchev–Trinajstić information content (AvgIpc) is 3.32. The van der Waals surface area contributed by atoms with E-state index in [1.807, 2.05) is 0 Å². The Morgan fingerprint density at radius 1 is 1.25 bits per heavy atom. The Labute approximate surface area is 149 Å². The fourth-order valence-electron chi connectivity index (χ4n) is 5.26. The lowest BCUT2D eigenvalue weighted by Gasteiger charge is -2.34. The van der Waals surface area contributed by atoms with E-state index in [0.717, 1.165) is 13.0 Å². The van der Waals surface area contributed by atoms with Gasteiger partial charge >= 0.3 is 0 Å². The molecule has 0 N–H and O–H groups in total. The van der Waals surface area contributed by atoms with Crippen molar-refractivity contribution in [2.75, 3.05) is 6.54 Å². The highest BCUT2D eigenvalue weighted by Crippen LogP contribution is 2.64. The van der Waals surface area contributed by atoms with E-state index in [1.54, 1.807) is 0 Å². The van der Waals surface area contributed by atoms with Gasteiger partial charge in [0.05, 0.1) is 17.8 Å². The van der Waals surface area contributed by atoms with Gasteiger partial charge in [-0.15, -0.1) is 0 Å². The normalized spacial score (nSPS) is 50.0. The van der Waals surface area contributed by atoms with Crippen LogP contribution in [0.5, 0.6) is 0 Å². The van der Waals surface area contributed by atoms with Crippen molar-refractivity contribution in [2.24, 2.45) is 11.8 Å². The van der Waals surface area contributed by atoms with Gasteiger partial charge in [0.15, 0.2) is 0 Å². The van der Waals surface area contributed by atoms with Gasteiger partial charge in [0, 0.05) is 24.5 Å². The second-order valence-corrected chi connectivity index (χ2v) is 9.67. The van der Waals surface area contributed by atoms with Crippen molar-refractivity contribution in [1.82, 2.24) is 4.67 Å². The smallest absolute Gasteiger partial charge is 0.260 e. The highest BCUT2D eigenvalue weighted by atomic mass is 31.2. The third kappa shape index (κ3) is 2.79. The first-order valence-electron chi connectivity index (χ1n) is 9.88. The molecule has 4 fully saturated rings. The summed E-state index contributed by atoms with van der Waals surface area (Å²) in [5.41, 5.74) is -0.0226. The van der Waals surface area contributed by atoms with Crippen molar-refractivity contribution in [2.45, 2.75) is 95.6 Å². The molecule has 4 aliphatic rings. The third-order valence-corrected chi connectivity index (χ3v) is 8.76. The standard InChI is InChI=1S/C18H31BNO3P/c1-4-14-16(12(2)17(19)21-14)22-24-20-11-7-10-15(20)18(3,23-24)13-8-5-6-9-13/h12-17H,4-11H2,1-3H3/t12?,14-,15+,16-,17-,18-,24+/m1/s1. The van der Waals surface area contributed by atoms with E-state index in [4.69, 9.17) is 21.6 Å². The molecule has 1 saturated carbocycles. The summed E-state index contributed by atoms with van der Waals surface area (Å²) in [7, 11) is 5.14. The van der Waals surface area contributed by atoms with Crippen molar-refractivity contribution in [1.29, 1.82) is 0 Å². The van der Waals surface area contributed by atoms with Gasteiger partial charge in [-0.1, -0.05) is 26.7 Å². The van der Waals surface area contributed by atoms with Gasteiger partial charge in [0.1, 0.15) is 7.85 Å². The molecule has 3 aliphatic heterocycles. The summed E-state index contributed by atoms with van der Waals surface area (Å²) in [6.07, 6.45) is 8.96. The molecular formula is C18H31BNO3P. The Kier molecular flexibility index (Phi) is 5.03. The number of fused-ring (bicyclic) bond motifs is 1. The van der Waals surface area contributed by atoms with Crippen LogP contribution in [-0.2, 0) is 13.8 Å². The first-order valence-corrected chi connectivity index (χ1v) is 11.0. The quantitative estimate of drug-likeness (QED) is 0.566. The molecule has 4 rings (SSSR count). The van der Waals surface area contributed by atoms with Crippen molar-refractivity contribution in [3.05, 3.63) is 0 Å². The maximum absolute atomic E-state index is 6.71. The summed E-state index contributed by atoms with van der Waals surface area (Å²) in [6.45, 7) is 7.77. The lowest BCUT2D eigenvalue weighted by Crippen LogP contribution is -2.44. The number of hydrogen-bond donors (Lipinski definition) is 0. The summed E-state index contributed by atoms with van der Waals surface area (Å²) in [6, 6.07) is 0.325. The minimum atomic E-state index is -0.981. The van der Waals surface area contributed by atoms with Crippen LogP contribution in [-0.4, -0.2) is 48.9 Å².